The fourth-order valence-electron chi connectivity index (χ4n) is 1.58. The van der Waals surface area contributed by atoms with Gasteiger partial charge in [-0.25, -0.2) is 9.78 Å². The standard InChI is InChI=1S/C12H10ClNO3/c1-16-7-3-4-10-8(5-7)9(12(15)17-2)6-11(13)14-10/h3-6H,1-2H3. The number of hydrogen-bond donors (Lipinski definition) is 0. The number of rotatable bonds is 2. The molecule has 0 aliphatic carbocycles. The smallest absolute Gasteiger partial charge is 0.338 e. The predicted octanol–water partition coefficient (Wildman–Crippen LogP) is 2.68. The highest BCUT2D eigenvalue weighted by atomic mass is 35.5. The molecule has 0 saturated carbocycles. The number of hydrogen-bond acceptors (Lipinski definition) is 4. The molecule has 0 unspecified atom stereocenters. The van der Waals surface area contributed by atoms with Crippen molar-refractivity contribution in [1.29, 1.82) is 0 Å². The van der Waals surface area contributed by atoms with Crippen molar-refractivity contribution in [2.45, 2.75) is 0 Å². The third-order valence-electron chi connectivity index (χ3n) is 2.39. The van der Waals surface area contributed by atoms with E-state index in [1.807, 2.05) is 0 Å². The molecule has 0 atom stereocenters. The van der Waals surface area contributed by atoms with E-state index >= 15 is 0 Å². The van der Waals surface area contributed by atoms with Crippen molar-refractivity contribution >= 4 is 28.5 Å². The normalized spacial score (nSPS) is 10.3. The molecular formula is C12H10ClNO3. The number of pyridine rings is 1. The van der Waals surface area contributed by atoms with Crippen molar-refractivity contribution < 1.29 is 14.3 Å². The van der Waals surface area contributed by atoms with E-state index in [2.05, 4.69) is 4.98 Å². The average Bonchev–Trinajstić information content (AvgIpc) is 2.36. The highest BCUT2D eigenvalue weighted by Crippen LogP contribution is 2.25. The van der Waals surface area contributed by atoms with E-state index < -0.39 is 5.97 Å². The largest absolute Gasteiger partial charge is 0.497 e. The fourth-order valence-corrected chi connectivity index (χ4v) is 1.78. The number of carbonyl (C=O) groups is 1. The van der Waals surface area contributed by atoms with Gasteiger partial charge in [-0.1, -0.05) is 11.6 Å². The Morgan fingerprint density at radius 2 is 2.06 bits per heavy atom. The average molecular weight is 252 g/mol. The maximum atomic E-state index is 11.6. The predicted molar refractivity (Wildman–Crippen MR) is 64.6 cm³/mol. The Kier molecular flexibility index (Phi) is 3.15. The number of halogens is 1. The van der Waals surface area contributed by atoms with Crippen molar-refractivity contribution in [2.75, 3.05) is 14.2 Å². The molecule has 88 valence electrons. The molecule has 0 radical (unpaired) electrons. The summed E-state index contributed by atoms with van der Waals surface area (Å²) in [6.45, 7) is 0. The molecule has 0 saturated heterocycles. The Balaban J connectivity index is 2.74. The summed E-state index contributed by atoms with van der Waals surface area (Å²) in [5, 5.41) is 0.906. The molecule has 0 amide bonds. The monoisotopic (exact) mass is 251 g/mol. The summed E-state index contributed by atoms with van der Waals surface area (Å²) in [6, 6.07) is 6.71. The van der Waals surface area contributed by atoms with E-state index in [0.717, 1.165) is 0 Å². The van der Waals surface area contributed by atoms with Gasteiger partial charge in [-0.15, -0.1) is 0 Å². The maximum Gasteiger partial charge on any atom is 0.338 e. The molecule has 0 aliphatic rings. The topological polar surface area (TPSA) is 48.4 Å². The molecule has 0 aliphatic heterocycles. The van der Waals surface area contributed by atoms with Crippen LogP contribution in [-0.4, -0.2) is 25.2 Å². The number of carbonyl (C=O) groups excluding carboxylic acids is 1. The van der Waals surface area contributed by atoms with Crippen molar-refractivity contribution in [3.05, 3.63) is 35.0 Å². The van der Waals surface area contributed by atoms with Crippen LogP contribution in [0.2, 0.25) is 5.15 Å². The van der Waals surface area contributed by atoms with Crippen molar-refractivity contribution in [1.82, 2.24) is 4.98 Å². The van der Waals surface area contributed by atoms with Crippen LogP contribution in [0.1, 0.15) is 10.4 Å². The first-order valence-corrected chi connectivity index (χ1v) is 5.26. The van der Waals surface area contributed by atoms with Crippen LogP contribution >= 0.6 is 11.6 Å². The van der Waals surface area contributed by atoms with E-state index in [1.54, 1.807) is 25.3 Å². The number of methoxy groups -OCH3 is 2. The van der Waals surface area contributed by atoms with E-state index in [0.29, 0.717) is 22.2 Å². The zero-order valence-electron chi connectivity index (χ0n) is 9.36. The molecule has 1 aromatic heterocycles. The fraction of sp³-hybridized carbons (Fsp3) is 0.167. The molecule has 0 bridgehead atoms. The highest BCUT2D eigenvalue weighted by molar-refractivity contribution is 6.30. The number of esters is 1. The Labute approximate surface area is 103 Å². The van der Waals surface area contributed by atoms with Crippen LogP contribution in [0.4, 0.5) is 0 Å². The van der Waals surface area contributed by atoms with Gasteiger partial charge in [0.25, 0.3) is 0 Å². The van der Waals surface area contributed by atoms with Gasteiger partial charge in [0.1, 0.15) is 10.9 Å². The van der Waals surface area contributed by atoms with Crippen molar-refractivity contribution in [3.63, 3.8) is 0 Å². The van der Waals surface area contributed by atoms with Gasteiger partial charge in [-0.2, -0.15) is 0 Å². The molecule has 17 heavy (non-hydrogen) atoms. The first-order valence-electron chi connectivity index (χ1n) is 4.88. The van der Waals surface area contributed by atoms with Gasteiger partial charge in [0, 0.05) is 5.39 Å². The second-order valence-electron chi connectivity index (χ2n) is 3.37. The third-order valence-corrected chi connectivity index (χ3v) is 2.58. The van der Waals surface area contributed by atoms with Crippen LogP contribution < -0.4 is 4.74 Å². The lowest BCUT2D eigenvalue weighted by molar-refractivity contribution is 0.0603. The second kappa shape index (κ2) is 4.59. The Morgan fingerprint density at radius 1 is 1.29 bits per heavy atom. The van der Waals surface area contributed by atoms with E-state index in [9.17, 15) is 4.79 Å². The number of ether oxygens (including phenoxy) is 2. The number of aromatic nitrogens is 1. The minimum atomic E-state index is -0.451. The quantitative estimate of drug-likeness (QED) is 0.608. The molecule has 1 aromatic carbocycles. The van der Waals surface area contributed by atoms with Gasteiger partial charge in [0.2, 0.25) is 0 Å². The minimum absolute atomic E-state index is 0.253. The van der Waals surface area contributed by atoms with Crippen LogP contribution in [0.3, 0.4) is 0 Å². The molecule has 0 N–H and O–H groups in total. The summed E-state index contributed by atoms with van der Waals surface area (Å²) in [4.78, 5) is 15.8. The first kappa shape index (κ1) is 11.7. The van der Waals surface area contributed by atoms with E-state index in [-0.39, 0.29) is 5.15 Å². The summed E-state index contributed by atoms with van der Waals surface area (Å²) in [5.41, 5.74) is 1.00. The zero-order valence-corrected chi connectivity index (χ0v) is 10.1. The Hall–Kier alpha value is -1.81. The van der Waals surface area contributed by atoms with Gasteiger partial charge < -0.3 is 9.47 Å². The lowest BCUT2D eigenvalue weighted by Gasteiger charge is -2.07. The Morgan fingerprint density at radius 3 is 2.71 bits per heavy atom. The van der Waals surface area contributed by atoms with E-state index in [4.69, 9.17) is 21.1 Å². The molecule has 2 rings (SSSR count). The summed E-state index contributed by atoms with van der Waals surface area (Å²) < 4.78 is 9.81. The van der Waals surface area contributed by atoms with Gasteiger partial charge in [0.15, 0.2) is 0 Å². The molecular weight excluding hydrogens is 242 g/mol. The Bertz CT molecular complexity index is 583. The minimum Gasteiger partial charge on any atom is -0.497 e. The lowest BCUT2D eigenvalue weighted by atomic mass is 10.1. The van der Waals surface area contributed by atoms with Crippen LogP contribution in [0.15, 0.2) is 24.3 Å². The van der Waals surface area contributed by atoms with Crippen LogP contribution in [0.5, 0.6) is 5.75 Å². The molecule has 5 heteroatoms. The van der Waals surface area contributed by atoms with Crippen molar-refractivity contribution in [2.24, 2.45) is 0 Å². The molecule has 2 aromatic rings. The SMILES string of the molecule is COC(=O)c1cc(Cl)nc2ccc(OC)cc12. The number of fused-ring (bicyclic) bond motifs is 1. The summed E-state index contributed by atoms with van der Waals surface area (Å²) >= 11 is 5.85. The van der Waals surface area contributed by atoms with Crippen molar-refractivity contribution in [3.8, 4) is 5.75 Å². The van der Waals surface area contributed by atoms with Crippen LogP contribution in [0, 0.1) is 0 Å². The van der Waals surface area contributed by atoms with Crippen LogP contribution in [-0.2, 0) is 4.74 Å². The molecule has 0 spiro atoms. The summed E-state index contributed by atoms with van der Waals surface area (Å²) in [5.74, 6) is 0.194. The lowest BCUT2D eigenvalue weighted by Crippen LogP contribution is -2.03. The first-order chi connectivity index (χ1) is 8.15. The van der Waals surface area contributed by atoms with Gasteiger partial charge in [-0.3, -0.25) is 0 Å². The van der Waals surface area contributed by atoms with Gasteiger partial charge in [0.05, 0.1) is 25.3 Å². The molecule has 1 heterocycles. The number of benzene rings is 1. The molecule has 0 fully saturated rings. The summed E-state index contributed by atoms with van der Waals surface area (Å²) in [7, 11) is 2.88. The maximum absolute atomic E-state index is 11.6. The zero-order chi connectivity index (χ0) is 12.4. The van der Waals surface area contributed by atoms with Gasteiger partial charge >= 0.3 is 5.97 Å². The highest BCUT2D eigenvalue weighted by Gasteiger charge is 2.13. The van der Waals surface area contributed by atoms with Gasteiger partial charge in [-0.05, 0) is 24.3 Å². The number of nitrogens with zero attached hydrogens (tertiary/aromatic N) is 1. The van der Waals surface area contributed by atoms with Crippen LogP contribution in [0.25, 0.3) is 10.9 Å². The second-order valence-corrected chi connectivity index (χ2v) is 3.75. The molecule has 4 nitrogen and oxygen atoms in total. The summed E-state index contributed by atoms with van der Waals surface area (Å²) in [6.07, 6.45) is 0. The third kappa shape index (κ3) is 2.17. The van der Waals surface area contributed by atoms with E-state index in [1.165, 1.54) is 13.2 Å².